The summed E-state index contributed by atoms with van der Waals surface area (Å²) in [5.74, 6) is 2.16. The number of rotatable bonds is 6. The minimum Gasteiger partial charge on any atom is -0.497 e. The van der Waals surface area contributed by atoms with Crippen molar-refractivity contribution in [2.45, 2.75) is 25.9 Å². The summed E-state index contributed by atoms with van der Waals surface area (Å²) in [6.07, 6.45) is -0.154. The number of methoxy groups -OCH3 is 1. The van der Waals surface area contributed by atoms with Crippen LogP contribution in [-0.2, 0) is 0 Å². The standard InChI is InChI=1S/C18H23NO2/c1-13(2)15-5-4-6-17(11-15)21-18(12-19)14-7-9-16(20-3)10-8-14/h4-11,13,18H,12,19H2,1-3H3. The van der Waals surface area contributed by atoms with Crippen molar-refractivity contribution in [2.75, 3.05) is 13.7 Å². The normalized spacial score (nSPS) is 12.2. The molecule has 3 nitrogen and oxygen atoms in total. The van der Waals surface area contributed by atoms with Gasteiger partial charge in [-0.2, -0.15) is 0 Å². The van der Waals surface area contributed by atoms with Crippen molar-refractivity contribution >= 4 is 0 Å². The summed E-state index contributed by atoms with van der Waals surface area (Å²) in [5.41, 5.74) is 8.18. The molecular weight excluding hydrogens is 262 g/mol. The maximum Gasteiger partial charge on any atom is 0.136 e. The Kier molecular flexibility index (Phi) is 5.23. The highest BCUT2D eigenvalue weighted by Crippen LogP contribution is 2.26. The van der Waals surface area contributed by atoms with E-state index in [1.54, 1.807) is 7.11 Å². The Morgan fingerprint density at radius 2 is 1.67 bits per heavy atom. The van der Waals surface area contributed by atoms with Crippen LogP contribution in [0.3, 0.4) is 0 Å². The molecule has 0 amide bonds. The Labute approximate surface area is 126 Å². The van der Waals surface area contributed by atoms with E-state index < -0.39 is 0 Å². The van der Waals surface area contributed by atoms with Gasteiger partial charge in [-0.3, -0.25) is 0 Å². The largest absolute Gasteiger partial charge is 0.497 e. The van der Waals surface area contributed by atoms with Gasteiger partial charge in [0.25, 0.3) is 0 Å². The molecule has 2 N–H and O–H groups in total. The summed E-state index contributed by atoms with van der Waals surface area (Å²) in [6.45, 7) is 4.77. The third-order valence-corrected chi connectivity index (χ3v) is 3.50. The maximum absolute atomic E-state index is 6.05. The van der Waals surface area contributed by atoms with Gasteiger partial charge in [-0.1, -0.05) is 38.1 Å². The fraction of sp³-hybridized carbons (Fsp3) is 0.333. The molecule has 0 bridgehead atoms. The topological polar surface area (TPSA) is 44.5 Å². The Morgan fingerprint density at radius 1 is 0.952 bits per heavy atom. The molecule has 0 aliphatic heterocycles. The molecule has 0 saturated carbocycles. The predicted octanol–water partition coefficient (Wildman–Crippen LogP) is 3.90. The summed E-state index contributed by atoms with van der Waals surface area (Å²) in [5, 5.41) is 0. The van der Waals surface area contributed by atoms with Crippen LogP contribution in [0.25, 0.3) is 0 Å². The number of hydrogen-bond donors (Lipinski definition) is 1. The third-order valence-electron chi connectivity index (χ3n) is 3.50. The molecule has 0 fully saturated rings. The van der Waals surface area contributed by atoms with Gasteiger partial charge in [-0.25, -0.2) is 0 Å². The lowest BCUT2D eigenvalue weighted by Crippen LogP contribution is -2.18. The smallest absolute Gasteiger partial charge is 0.136 e. The lowest BCUT2D eigenvalue weighted by molar-refractivity contribution is 0.214. The second-order valence-corrected chi connectivity index (χ2v) is 5.34. The van der Waals surface area contributed by atoms with Gasteiger partial charge in [-0.15, -0.1) is 0 Å². The highest BCUT2D eigenvalue weighted by molar-refractivity contribution is 5.33. The first-order valence-electron chi connectivity index (χ1n) is 7.24. The zero-order valence-electron chi connectivity index (χ0n) is 12.9. The zero-order valence-corrected chi connectivity index (χ0v) is 12.9. The van der Waals surface area contributed by atoms with Crippen LogP contribution in [-0.4, -0.2) is 13.7 Å². The summed E-state index contributed by atoms with van der Waals surface area (Å²) in [7, 11) is 1.66. The molecule has 2 aromatic rings. The van der Waals surface area contributed by atoms with E-state index in [1.807, 2.05) is 36.4 Å². The van der Waals surface area contributed by atoms with Crippen LogP contribution in [0.4, 0.5) is 0 Å². The predicted molar refractivity (Wildman–Crippen MR) is 85.9 cm³/mol. The zero-order chi connectivity index (χ0) is 15.2. The minimum atomic E-state index is -0.154. The van der Waals surface area contributed by atoms with Gasteiger partial charge in [0.05, 0.1) is 7.11 Å². The lowest BCUT2D eigenvalue weighted by atomic mass is 10.0. The van der Waals surface area contributed by atoms with E-state index in [1.165, 1.54) is 5.56 Å². The number of ether oxygens (including phenoxy) is 2. The van der Waals surface area contributed by atoms with Gasteiger partial charge in [0, 0.05) is 6.54 Å². The lowest BCUT2D eigenvalue weighted by Gasteiger charge is -2.19. The Bertz CT molecular complexity index is 564. The van der Waals surface area contributed by atoms with Crippen LogP contribution in [0, 0.1) is 0 Å². The first kappa shape index (κ1) is 15.4. The molecule has 0 saturated heterocycles. The SMILES string of the molecule is COc1ccc(C(CN)Oc2cccc(C(C)C)c2)cc1. The number of nitrogens with two attached hydrogens (primary N) is 1. The molecule has 21 heavy (non-hydrogen) atoms. The molecule has 0 aliphatic carbocycles. The van der Waals surface area contributed by atoms with Crippen molar-refractivity contribution in [3.63, 3.8) is 0 Å². The molecule has 0 aromatic heterocycles. The van der Waals surface area contributed by atoms with Crippen LogP contribution in [0.1, 0.15) is 37.0 Å². The van der Waals surface area contributed by atoms with E-state index in [0.29, 0.717) is 12.5 Å². The van der Waals surface area contributed by atoms with Gasteiger partial charge >= 0.3 is 0 Å². The second kappa shape index (κ2) is 7.14. The molecule has 0 aliphatic rings. The van der Waals surface area contributed by atoms with E-state index in [-0.39, 0.29) is 6.10 Å². The monoisotopic (exact) mass is 285 g/mol. The van der Waals surface area contributed by atoms with E-state index in [0.717, 1.165) is 17.1 Å². The van der Waals surface area contributed by atoms with E-state index >= 15 is 0 Å². The molecule has 2 aromatic carbocycles. The van der Waals surface area contributed by atoms with Crippen LogP contribution >= 0.6 is 0 Å². The Morgan fingerprint density at radius 3 is 2.24 bits per heavy atom. The van der Waals surface area contributed by atoms with Crippen molar-refractivity contribution in [2.24, 2.45) is 5.73 Å². The maximum atomic E-state index is 6.05. The van der Waals surface area contributed by atoms with E-state index in [4.69, 9.17) is 15.2 Å². The van der Waals surface area contributed by atoms with Gasteiger partial charge in [-0.05, 0) is 41.3 Å². The molecule has 3 heteroatoms. The van der Waals surface area contributed by atoms with E-state index in [9.17, 15) is 0 Å². The number of benzene rings is 2. The summed E-state index contributed by atoms with van der Waals surface area (Å²) >= 11 is 0. The van der Waals surface area contributed by atoms with Crippen LogP contribution < -0.4 is 15.2 Å². The van der Waals surface area contributed by atoms with Crippen molar-refractivity contribution in [1.29, 1.82) is 0 Å². The Balaban J connectivity index is 2.16. The average molecular weight is 285 g/mol. The molecule has 0 radical (unpaired) electrons. The first-order chi connectivity index (χ1) is 10.1. The van der Waals surface area contributed by atoms with Gasteiger partial charge < -0.3 is 15.2 Å². The highest BCUT2D eigenvalue weighted by atomic mass is 16.5. The van der Waals surface area contributed by atoms with Crippen molar-refractivity contribution < 1.29 is 9.47 Å². The molecule has 2 rings (SSSR count). The third kappa shape index (κ3) is 3.99. The van der Waals surface area contributed by atoms with Crippen LogP contribution in [0.15, 0.2) is 48.5 Å². The second-order valence-electron chi connectivity index (χ2n) is 5.34. The molecule has 0 heterocycles. The van der Waals surface area contributed by atoms with Gasteiger partial charge in [0.15, 0.2) is 0 Å². The molecule has 112 valence electrons. The summed E-state index contributed by atoms with van der Waals surface area (Å²) < 4.78 is 11.2. The van der Waals surface area contributed by atoms with Crippen molar-refractivity contribution in [3.8, 4) is 11.5 Å². The molecule has 0 spiro atoms. The van der Waals surface area contributed by atoms with E-state index in [2.05, 4.69) is 26.0 Å². The molecule has 1 atom stereocenters. The first-order valence-corrected chi connectivity index (χ1v) is 7.24. The average Bonchev–Trinajstić information content (AvgIpc) is 2.53. The number of hydrogen-bond acceptors (Lipinski definition) is 3. The fourth-order valence-electron chi connectivity index (χ4n) is 2.18. The fourth-order valence-corrected chi connectivity index (χ4v) is 2.18. The quantitative estimate of drug-likeness (QED) is 0.875. The van der Waals surface area contributed by atoms with Crippen molar-refractivity contribution in [1.82, 2.24) is 0 Å². The highest BCUT2D eigenvalue weighted by Gasteiger charge is 2.12. The summed E-state index contributed by atoms with van der Waals surface area (Å²) in [4.78, 5) is 0. The molecular formula is C18H23NO2. The van der Waals surface area contributed by atoms with Gasteiger partial charge in [0.2, 0.25) is 0 Å². The summed E-state index contributed by atoms with van der Waals surface area (Å²) in [6, 6.07) is 16.0. The van der Waals surface area contributed by atoms with Gasteiger partial charge in [0.1, 0.15) is 17.6 Å². The van der Waals surface area contributed by atoms with Crippen LogP contribution in [0.5, 0.6) is 11.5 Å². The minimum absolute atomic E-state index is 0.154. The Hall–Kier alpha value is -2.00. The molecule has 1 unspecified atom stereocenters. The van der Waals surface area contributed by atoms with Crippen LogP contribution in [0.2, 0.25) is 0 Å². The van der Waals surface area contributed by atoms with Crippen molar-refractivity contribution in [3.05, 3.63) is 59.7 Å².